The molecule has 3 nitrogen and oxygen atoms in total. The molecule has 1 unspecified atom stereocenters. The number of aromatic nitrogens is 1. The van der Waals surface area contributed by atoms with Crippen LogP contribution in [0.3, 0.4) is 0 Å². The zero-order valence-electron chi connectivity index (χ0n) is 9.55. The van der Waals surface area contributed by atoms with Crippen molar-refractivity contribution in [3.8, 4) is 0 Å². The van der Waals surface area contributed by atoms with Crippen LogP contribution in [0, 0.1) is 12.7 Å². The molecule has 0 amide bonds. The van der Waals surface area contributed by atoms with E-state index in [4.69, 9.17) is 4.42 Å². The highest BCUT2D eigenvalue weighted by Gasteiger charge is 2.19. The Bertz CT molecular complexity index is 704. The fraction of sp³-hybridized carbons (Fsp3) is 0.154. The number of furan rings is 1. The number of aliphatic hydroxyl groups excluding tert-OH is 1. The summed E-state index contributed by atoms with van der Waals surface area (Å²) >= 11 is 1.37. The van der Waals surface area contributed by atoms with Gasteiger partial charge in [0.15, 0.2) is 0 Å². The Kier molecular flexibility index (Phi) is 2.65. The Morgan fingerprint density at radius 3 is 2.94 bits per heavy atom. The van der Waals surface area contributed by atoms with Crippen LogP contribution in [0.4, 0.5) is 4.39 Å². The lowest BCUT2D eigenvalue weighted by Gasteiger charge is -2.04. The molecule has 0 saturated heterocycles. The Labute approximate surface area is 107 Å². The van der Waals surface area contributed by atoms with Gasteiger partial charge in [0.1, 0.15) is 23.3 Å². The first-order valence-electron chi connectivity index (χ1n) is 5.42. The van der Waals surface area contributed by atoms with Crippen LogP contribution in [0.2, 0.25) is 0 Å². The average molecular weight is 263 g/mol. The van der Waals surface area contributed by atoms with Crippen molar-refractivity contribution in [2.75, 3.05) is 0 Å². The molecule has 0 spiro atoms. The minimum atomic E-state index is -0.854. The van der Waals surface area contributed by atoms with Gasteiger partial charge in [0.05, 0.1) is 16.1 Å². The molecule has 0 fully saturated rings. The largest absolute Gasteiger partial charge is 0.458 e. The van der Waals surface area contributed by atoms with Gasteiger partial charge in [0.25, 0.3) is 0 Å². The minimum Gasteiger partial charge on any atom is -0.458 e. The van der Waals surface area contributed by atoms with Crippen LogP contribution in [-0.4, -0.2) is 10.1 Å². The molecular formula is C13H10FNO2S. The maximum Gasteiger partial charge on any atom is 0.148 e. The van der Waals surface area contributed by atoms with Crippen molar-refractivity contribution < 1.29 is 13.9 Å². The van der Waals surface area contributed by atoms with Gasteiger partial charge in [-0.05, 0) is 31.2 Å². The molecule has 0 bridgehead atoms. The van der Waals surface area contributed by atoms with E-state index in [2.05, 4.69) is 4.98 Å². The van der Waals surface area contributed by atoms with E-state index in [-0.39, 0.29) is 5.82 Å². The number of fused-ring (bicyclic) bond motifs is 1. The van der Waals surface area contributed by atoms with E-state index in [9.17, 15) is 9.50 Å². The number of thiazole rings is 1. The van der Waals surface area contributed by atoms with Gasteiger partial charge in [0.2, 0.25) is 0 Å². The molecule has 0 saturated carbocycles. The second-order valence-corrected chi connectivity index (χ2v) is 4.92. The van der Waals surface area contributed by atoms with Crippen molar-refractivity contribution in [2.45, 2.75) is 13.0 Å². The van der Waals surface area contributed by atoms with Crippen molar-refractivity contribution in [3.63, 3.8) is 0 Å². The fourth-order valence-electron chi connectivity index (χ4n) is 1.87. The zero-order valence-corrected chi connectivity index (χ0v) is 10.4. The Hall–Kier alpha value is -1.72. The molecule has 0 radical (unpaired) electrons. The summed E-state index contributed by atoms with van der Waals surface area (Å²) in [5, 5.41) is 10.9. The van der Waals surface area contributed by atoms with Gasteiger partial charge in [-0.15, -0.1) is 11.3 Å². The summed E-state index contributed by atoms with van der Waals surface area (Å²) in [5.74, 6) is 0.0845. The molecule has 1 atom stereocenters. The summed E-state index contributed by atoms with van der Waals surface area (Å²) < 4.78 is 18.6. The molecule has 2 aromatic heterocycles. The van der Waals surface area contributed by atoms with Gasteiger partial charge >= 0.3 is 0 Å². The number of aryl methyl sites for hydroxylation is 1. The second kappa shape index (κ2) is 4.19. The lowest BCUT2D eigenvalue weighted by molar-refractivity contribution is 0.195. The van der Waals surface area contributed by atoms with E-state index in [0.717, 1.165) is 10.6 Å². The normalized spacial score (nSPS) is 13.1. The average Bonchev–Trinajstić information content (AvgIpc) is 2.93. The van der Waals surface area contributed by atoms with Crippen molar-refractivity contribution in [3.05, 3.63) is 51.9 Å². The highest BCUT2D eigenvalue weighted by atomic mass is 32.1. The standard InChI is InChI=1S/C13H10FNO2S/c1-7-13(18-6-15-7)12(16)11-5-8-4-9(14)2-3-10(8)17-11/h2-6,12,16H,1H3. The molecule has 5 heteroatoms. The van der Waals surface area contributed by atoms with Crippen LogP contribution in [0.5, 0.6) is 0 Å². The number of benzene rings is 1. The number of nitrogens with zero attached hydrogens (tertiary/aromatic N) is 1. The first-order chi connectivity index (χ1) is 8.65. The molecule has 3 rings (SSSR count). The smallest absolute Gasteiger partial charge is 0.148 e. The molecule has 3 aromatic rings. The maximum absolute atomic E-state index is 13.1. The number of hydrogen-bond donors (Lipinski definition) is 1. The SMILES string of the molecule is Cc1ncsc1C(O)c1cc2cc(F)ccc2o1. The summed E-state index contributed by atoms with van der Waals surface area (Å²) in [7, 11) is 0. The molecular weight excluding hydrogens is 253 g/mol. The number of rotatable bonds is 2. The predicted octanol–water partition coefficient (Wildman–Crippen LogP) is 3.42. The Balaban J connectivity index is 2.07. The molecule has 0 aliphatic rings. The fourth-order valence-corrected chi connectivity index (χ4v) is 2.66. The number of hydrogen-bond acceptors (Lipinski definition) is 4. The quantitative estimate of drug-likeness (QED) is 0.770. The van der Waals surface area contributed by atoms with Crippen LogP contribution < -0.4 is 0 Å². The minimum absolute atomic E-state index is 0.321. The molecule has 1 aromatic carbocycles. The van der Waals surface area contributed by atoms with Crippen molar-refractivity contribution in [2.24, 2.45) is 0 Å². The summed E-state index contributed by atoms with van der Waals surface area (Å²) in [5.41, 5.74) is 3.02. The summed E-state index contributed by atoms with van der Waals surface area (Å²) in [6, 6.07) is 5.93. The predicted molar refractivity (Wildman–Crippen MR) is 67.1 cm³/mol. The van der Waals surface area contributed by atoms with Crippen molar-refractivity contribution >= 4 is 22.3 Å². The molecule has 1 N–H and O–H groups in total. The monoisotopic (exact) mass is 263 g/mol. The van der Waals surface area contributed by atoms with Crippen LogP contribution in [-0.2, 0) is 0 Å². The molecule has 0 aliphatic heterocycles. The molecule has 18 heavy (non-hydrogen) atoms. The third-order valence-electron chi connectivity index (χ3n) is 2.80. The summed E-state index contributed by atoms with van der Waals surface area (Å²) in [4.78, 5) is 4.83. The van der Waals surface area contributed by atoms with Gasteiger partial charge < -0.3 is 9.52 Å². The highest BCUT2D eigenvalue weighted by molar-refractivity contribution is 7.09. The van der Waals surface area contributed by atoms with Gasteiger partial charge in [0, 0.05) is 5.39 Å². The van der Waals surface area contributed by atoms with Gasteiger partial charge in [-0.25, -0.2) is 9.37 Å². The first-order valence-corrected chi connectivity index (χ1v) is 6.30. The zero-order chi connectivity index (χ0) is 12.7. The highest BCUT2D eigenvalue weighted by Crippen LogP contribution is 2.31. The summed E-state index contributed by atoms with van der Waals surface area (Å²) in [6.45, 7) is 1.83. The maximum atomic E-state index is 13.1. The van der Waals surface area contributed by atoms with E-state index >= 15 is 0 Å². The second-order valence-electron chi connectivity index (χ2n) is 4.04. The van der Waals surface area contributed by atoms with E-state index < -0.39 is 6.10 Å². The molecule has 92 valence electrons. The van der Waals surface area contributed by atoms with E-state index in [0.29, 0.717) is 16.7 Å². The lowest BCUT2D eigenvalue weighted by atomic mass is 10.2. The van der Waals surface area contributed by atoms with Crippen LogP contribution in [0.15, 0.2) is 34.2 Å². The lowest BCUT2D eigenvalue weighted by Crippen LogP contribution is -1.97. The van der Waals surface area contributed by atoms with E-state index in [1.165, 1.54) is 23.5 Å². The van der Waals surface area contributed by atoms with E-state index in [1.807, 2.05) is 6.92 Å². The topological polar surface area (TPSA) is 46.3 Å². The van der Waals surface area contributed by atoms with E-state index in [1.54, 1.807) is 17.6 Å². The van der Waals surface area contributed by atoms with Crippen molar-refractivity contribution in [1.82, 2.24) is 4.98 Å². The third kappa shape index (κ3) is 1.81. The van der Waals surface area contributed by atoms with Gasteiger partial charge in [-0.1, -0.05) is 0 Å². The first kappa shape index (κ1) is 11.4. The third-order valence-corrected chi connectivity index (χ3v) is 3.78. The van der Waals surface area contributed by atoms with Crippen molar-refractivity contribution in [1.29, 1.82) is 0 Å². The van der Waals surface area contributed by atoms with Gasteiger partial charge in [-0.2, -0.15) is 0 Å². The molecule has 0 aliphatic carbocycles. The van der Waals surface area contributed by atoms with Crippen LogP contribution in [0.25, 0.3) is 11.0 Å². The van der Waals surface area contributed by atoms with Gasteiger partial charge in [-0.3, -0.25) is 0 Å². The number of halogens is 1. The summed E-state index contributed by atoms with van der Waals surface area (Å²) in [6.07, 6.45) is -0.854. The number of aliphatic hydroxyl groups is 1. The Morgan fingerprint density at radius 1 is 1.39 bits per heavy atom. The van der Waals surface area contributed by atoms with Crippen LogP contribution >= 0.6 is 11.3 Å². The van der Waals surface area contributed by atoms with Crippen LogP contribution in [0.1, 0.15) is 22.4 Å². The Morgan fingerprint density at radius 2 is 2.22 bits per heavy atom. The molecule has 2 heterocycles.